The van der Waals surface area contributed by atoms with Gasteiger partial charge in [0.2, 0.25) is 0 Å². The summed E-state index contributed by atoms with van der Waals surface area (Å²) in [6.07, 6.45) is 2.34. The average molecular weight is 414 g/mol. The van der Waals surface area contributed by atoms with Gasteiger partial charge in [-0.2, -0.15) is 0 Å². The number of likely N-dealkylation sites (N-methyl/N-ethyl adjacent to an activating group) is 1. The van der Waals surface area contributed by atoms with E-state index in [-0.39, 0.29) is 24.6 Å². The first-order valence-corrected chi connectivity index (χ1v) is 9.60. The molecule has 1 amide bonds. The number of aromatic nitrogens is 2. The van der Waals surface area contributed by atoms with Gasteiger partial charge in [-0.3, -0.25) is 19.1 Å². The minimum atomic E-state index is -0.787. The number of esters is 1. The van der Waals surface area contributed by atoms with Crippen LogP contribution in [0.5, 0.6) is 0 Å². The van der Waals surface area contributed by atoms with E-state index < -0.39 is 29.7 Å². The molecule has 1 aromatic carbocycles. The first kappa shape index (κ1) is 22.7. The summed E-state index contributed by atoms with van der Waals surface area (Å²) in [5, 5.41) is 0. The summed E-state index contributed by atoms with van der Waals surface area (Å²) >= 11 is 0. The number of hydrogen-bond acceptors (Lipinski definition) is 6. The van der Waals surface area contributed by atoms with Crippen LogP contribution in [0.2, 0.25) is 0 Å². The van der Waals surface area contributed by atoms with Crippen molar-refractivity contribution in [3.8, 4) is 0 Å². The zero-order valence-electron chi connectivity index (χ0n) is 17.3. The van der Waals surface area contributed by atoms with Crippen LogP contribution in [0.1, 0.15) is 32.8 Å². The van der Waals surface area contributed by atoms with Gasteiger partial charge in [0.05, 0.1) is 6.54 Å². The van der Waals surface area contributed by atoms with E-state index in [2.05, 4.69) is 4.98 Å². The van der Waals surface area contributed by atoms with Gasteiger partial charge in [0.25, 0.3) is 11.5 Å². The lowest BCUT2D eigenvalue weighted by Gasteiger charge is -2.23. The van der Waals surface area contributed by atoms with Gasteiger partial charge in [-0.15, -0.1) is 0 Å². The molecule has 0 aliphatic heterocycles. The maximum absolute atomic E-state index is 12.7. The molecule has 30 heavy (non-hydrogen) atoms. The fraction of sp³-hybridized carbons (Fsp3) is 0.333. The fourth-order valence-corrected chi connectivity index (χ4v) is 2.93. The van der Waals surface area contributed by atoms with E-state index in [1.54, 1.807) is 19.9 Å². The van der Waals surface area contributed by atoms with Crippen LogP contribution in [0.15, 0.2) is 51.6 Å². The Bertz CT molecular complexity index is 1050. The van der Waals surface area contributed by atoms with E-state index in [4.69, 9.17) is 10.5 Å². The largest absolute Gasteiger partial charge is 0.452 e. The number of carbonyl (C=O) groups excluding carboxylic acids is 2. The van der Waals surface area contributed by atoms with Crippen LogP contribution in [0.4, 0.5) is 11.5 Å². The Kier molecular flexibility index (Phi) is 7.74. The molecule has 2 rings (SSSR count). The van der Waals surface area contributed by atoms with Gasteiger partial charge in [-0.05, 0) is 25.8 Å². The second kappa shape index (κ2) is 10.2. The van der Waals surface area contributed by atoms with Gasteiger partial charge >= 0.3 is 11.7 Å². The SMILES string of the molecule is CC/C=C(/C)C(=O)OCC(=O)N(CC)c1c(N)n(Cc2ccccc2)c(=O)[nH]c1=O. The number of nitrogens with two attached hydrogens (primary N) is 1. The minimum Gasteiger partial charge on any atom is -0.452 e. The number of H-pyrrole nitrogens is 1. The van der Waals surface area contributed by atoms with Crippen molar-refractivity contribution < 1.29 is 14.3 Å². The number of nitrogens with zero attached hydrogens (tertiary/aromatic N) is 2. The summed E-state index contributed by atoms with van der Waals surface area (Å²) in [4.78, 5) is 52.6. The number of benzene rings is 1. The number of aromatic amines is 1. The minimum absolute atomic E-state index is 0.0942. The van der Waals surface area contributed by atoms with Gasteiger partial charge < -0.3 is 15.4 Å². The van der Waals surface area contributed by atoms with E-state index in [1.165, 1.54) is 4.57 Å². The van der Waals surface area contributed by atoms with Crippen molar-refractivity contribution in [1.82, 2.24) is 9.55 Å². The van der Waals surface area contributed by atoms with Gasteiger partial charge in [-0.1, -0.05) is 43.3 Å². The van der Waals surface area contributed by atoms with Crippen LogP contribution in [0, 0.1) is 0 Å². The smallest absolute Gasteiger partial charge is 0.333 e. The van der Waals surface area contributed by atoms with Crippen LogP contribution in [-0.4, -0.2) is 34.6 Å². The van der Waals surface area contributed by atoms with E-state index in [0.717, 1.165) is 10.5 Å². The Morgan fingerprint density at radius 2 is 1.87 bits per heavy atom. The third-order valence-corrected chi connectivity index (χ3v) is 4.44. The van der Waals surface area contributed by atoms with Crippen molar-refractivity contribution in [2.45, 2.75) is 33.7 Å². The molecule has 0 aliphatic carbocycles. The van der Waals surface area contributed by atoms with Crippen LogP contribution < -0.4 is 21.9 Å². The summed E-state index contributed by atoms with van der Waals surface area (Å²) in [6.45, 7) is 4.77. The molecule has 0 saturated heterocycles. The van der Waals surface area contributed by atoms with Gasteiger partial charge in [0.15, 0.2) is 12.3 Å². The van der Waals surface area contributed by atoms with Gasteiger partial charge in [0.1, 0.15) is 5.82 Å². The van der Waals surface area contributed by atoms with Gasteiger partial charge in [0, 0.05) is 12.1 Å². The summed E-state index contributed by atoms with van der Waals surface area (Å²) in [6, 6.07) is 9.09. The number of nitrogen functional groups attached to an aromatic ring is 1. The highest BCUT2D eigenvalue weighted by molar-refractivity contribution is 5.98. The van der Waals surface area contributed by atoms with Crippen LogP contribution in [0.25, 0.3) is 0 Å². The zero-order valence-corrected chi connectivity index (χ0v) is 17.3. The second-order valence-corrected chi connectivity index (χ2v) is 6.57. The molecular formula is C21H26N4O5. The maximum Gasteiger partial charge on any atom is 0.333 e. The van der Waals surface area contributed by atoms with E-state index in [1.807, 2.05) is 37.3 Å². The molecule has 160 valence electrons. The lowest BCUT2D eigenvalue weighted by molar-refractivity contribution is -0.143. The molecule has 1 heterocycles. The Morgan fingerprint density at radius 3 is 2.47 bits per heavy atom. The maximum atomic E-state index is 12.7. The molecule has 1 aromatic heterocycles. The molecular weight excluding hydrogens is 388 g/mol. The standard InChI is InChI=1S/C21H26N4O5/c1-4-9-14(3)20(28)30-13-16(26)24(5-2)17-18(22)25(21(29)23-19(17)27)12-15-10-7-6-8-11-15/h6-11H,4-5,12-13,22H2,1-3H3,(H,23,27,29)/b14-9-. The Morgan fingerprint density at radius 1 is 1.20 bits per heavy atom. The number of anilines is 2. The number of allylic oxidation sites excluding steroid dienone is 1. The third kappa shape index (κ3) is 5.25. The Hall–Kier alpha value is -3.62. The predicted molar refractivity (Wildman–Crippen MR) is 114 cm³/mol. The Labute approximate surface area is 173 Å². The van der Waals surface area contributed by atoms with Crippen molar-refractivity contribution in [3.05, 3.63) is 68.4 Å². The Balaban J connectivity index is 2.33. The predicted octanol–water partition coefficient (Wildman–Crippen LogP) is 1.42. The molecule has 0 unspecified atom stereocenters. The normalized spacial score (nSPS) is 11.2. The lowest BCUT2D eigenvalue weighted by atomic mass is 10.2. The number of nitrogens with one attached hydrogen (secondary N) is 1. The van der Waals surface area contributed by atoms with Crippen LogP contribution in [-0.2, 0) is 20.9 Å². The first-order chi connectivity index (χ1) is 14.3. The monoisotopic (exact) mass is 414 g/mol. The summed E-state index contributed by atoms with van der Waals surface area (Å²) in [5.74, 6) is -1.38. The number of carbonyl (C=O) groups is 2. The lowest BCUT2D eigenvalue weighted by Crippen LogP contribution is -2.42. The number of amides is 1. The molecule has 0 spiro atoms. The quantitative estimate of drug-likeness (QED) is 0.497. The summed E-state index contributed by atoms with van der Waals surface area (Å²) < 4.78 is 6.21. The van der Waals surface area contributed by atoms with Crippen molar-refractivity contribution >= 4 is 23.4 Å². The first-order valence-electron chi connectivity index (χ1n) is 9.60. The highest BCUT2D eigenvalue weighted by Gasteiger charge is 2.24. The number of ether oxygens (including phenoxy) is 1. The fourth-order valence-electron chi connectivity index (χ4n) is 2.93. The van der Waals surface area contributed by atoms with Crippen molar-refractivity contribution in [1.29, 1.82) is 0 Å². The van der Waals surface area contributed by atoms with Crippen LogP contribution >= 0.6 is 0 Å². The van der Waals surface area contributed by atoms with Crippen molar-refractivity contribution in [3.63, 3.8) is 0 Å². The molecule has 0 bridgehead atoms. The van der Waals surface area contributed by atoms with Gasteiger partial charge in [-0.25, -0.2) is 9.59 Å². The molecule has 2 aromatic rings. The molecule has 3 N–H and O–H groups in total. The molecule has 0 aliphatic rings. The highest BCUT2D eigenvalue weighted by Crippen LogP contribution is 2.18. The number of hydrogen-bond donors (Lipinski definition) is 2. The molecule has 0 fully saturated rings. The molecule has 0 radical (unpaired) electrons. The second-order valence-electron chi connectivity index (χ2n) is 6.57. The van der Waals surface area contributed by atoms with E-state index in [0.29, 0.717) is 12.0 Å². The molecule has 9 nitrogen and oxygen atoms in total. The molecule has 0 saturated carbocycles. The molecule has 9 heteroatoms. The molecule has 0 atom stereocenters. The van der Waals surface area contributed by atoms with Crippen molar-refractivity contribution in [2.24, 2.45) is 0 Å². The van der Waals surface area contributed by atoms with E-state index in [9.17, 15) is 19.2 Å². The van der Waals surface area contributed by atoms with Crippen LogP contribution in [0.3, 0.4) is 0 Å². The third-order valence-electron chi connectivity index (χ3n) is 4.44. The topological polar surface area (TPSA) is 127 Å². The zero-order chi connectivity index (χ0) is 22.3. The average Bonchev–Trinajstić information content (AvgIpc) is 2.73. The van der Waals surface area contributed by atoms with Crippen molar-refractivity contribution in [2.75, 3.05) is 23.8 Å². The summed E-state index contributed by atoms with van der Waals surface area (Å²) in [7, 11) is 0. The van der Waals surface area contributed by atoms with E-state index >= 15 is 0 Å². The highest BCUT2D eigenvalue weighted by atomic mass is 16.5. The number of rotatable bonds is 8. The summed E-state index contributed by atoms with van der Waals surface area (Å²) in [5.41, 5.74) is 5.69.